The number of rotatable bonds is 9. The van der Waals surface area contributed by atoms with Crippen LogP contribution in [0.1, 0.15) is 110 Å². The number of alkyl carbamates (subject to hydrolysis) is 4. The second kappa shape index (κ2) is 19.0. The molecular weight excluding hydrogens is 734 g/mol. The quantitative estimate of drug-likeness (QED) is 0.137. The average molecular weight is 802 g/mol. The molecule has 57 heavy (non-hydrogen) atoms. The van der Waals surface area contributed by atoms with E-state index in [1.165, 1.54) is 0 Å². The number of hydrogen-bond acceptors (Lipinski definition) is 13. The molecule has 320 valence electrons. The minimum atomic E-state index is -0.719. The molecule has 0 aromatic carbocycles. The highest BCUT2D eigenvalue weighted by Gasteiger charge is 2.36. The fraction of sp³-hybridized carbons (Fsp3) is 0.700. The van der Waals surface area contributed by atoms with E-state index in [1.54, 1.807) is 89.2 Å². The average Bonchev–Trinajstić information content (AvgIpc) is 3.00. The molecule has 4 amide bonds. The van der Waals surface area contributed by atoms with E-state index in [0.717, 1.165) is 5.70 Å². The summed E-state index contributed by atoms with van der Waals surface area (Å²) in [6.07, 6.45) is 4.18. The number of ether oxygens (including phenoxy) is 4. The largest absolute Gasteiger partial charge is 0.444 e. The maximum absolute atomic E-state index is 13.0. The maximum Gasteiger partial charge on any atom is 0.407 e. The summed E-state index contributed by atoms with van der Waals surface area (Å²) in [7, 11) is 0. The molecular formula is C40H67N9O8. The Morgan fingerprint density at radius 1 is 0.596 bits per heavy atom. The first-order valence-corrected chi connectivity index (χ1v) is 19.6. The second-order valence-corrected chi connectivity index (χ2v) is 18.4. The summed E-state index contributed by atoms with van der Waals surface area (Å²) in [6.45, 7) is 26.5. The lowest BCUT2D eigenvalue weighted by atomic mass is 10.0. The van der Waals surface area contributed by atoms with E-state index in [4.69, 9.17) is 28.9 Å². The highest BCUT2D eigenvalue weighted by molar-refractivity contribution is 5.71. The summed E-state index contributed by atoms with van der Waals surface area (Å²) >= 11 is 0. The van der Waals surface area contributed by atoms with Crippen LogP contribution in [-0.4, -0.2) is 107 Å². The Bertz CT molecular complexity index is 1450. The lowest BCUT2D eigenvalue weighted by Crippen LogP contribution is -2.59. The highest BCUT2D eigenvalue weighted by Crippen LogP contribution is 2.28. The normalized spacial score (nSPS) is 21.0. The van der Waals surface area contributed by atoms with Crippen LogP contribution in [0.4, 0.5) is 36.8 Å². The molecule has 17 nitrogen and oxygen atoms in total. The minimum absolute atomic E-state index is 0.297. The SMILES string of the molecule is C/C=C\C(=C/C)Nc1cc(N2CC(NC(=O)OC(C)(C)C)CC(NC(=O)OC(C)(C)C)C2)nc(N2CC(NC(=O)OC(C)(C)C)CC(NC(=O)OC(C)(C)C)C2)n1. The molecule has 2 aliphatic heterocycles. The summed E-state index contributed by atoms with van der Waals surface area (Å²) in [4.78, 5) is 65.8. The Labute approximate surface area is 338 Å². The fourth-order valence-corrected chi connectivity index (χ4v) is 6.19. The zero-order valence-corrected chi connectivity index (χ0v) is 36.4. The first kappa shape index (κ1) is 46.4. The van der Waals surface area contributed by atoms with Gasteiger partial charge in [0.1, 0.15) is 34.0 Å². The van der Waals surface area contributed by atoms with E-state index in [0.29, 0.717) is 56.6 Å². The van der Waals surface area contributed by atoms with E-state index in [9.17, 15) is 19.2 Å². The van der Waals surface area contributed by atoms with Gasteiger partial charge in [0.2, 0.25) is 5.95 Å². The molecule has 2 fully saturated rings. The van der Waals surface area contributed by atoms with Gasteiger partial charge in [-0.05, 0) is 116 Å². The van der Waals surface area contributed by atoms with Gasteiger partial charge in [-0.25, -0.2) is 19.2 Å². The van der Waals surface area contributed by atoms with Crippen molar-refractivity contribution in [3.8, 4) is 0 Å². The monoisotopic (exact) mass is 802 g/mol. The molecule has 1 aromatic heterocycles. The zero-order chi connectivity index (χ0) is 42.9. The molecule has 4 unspecified atom stereocenters. The van der Waals surface area contributed by atoms with E-state index in [1.807, 2.05) is 41.9 Å². The van der Waals surface area contributed by atoms with E-state index in [-0.39, 0.29) is 0 Å². The van der Waals surface area contributed by atoms with Crippen molar-refractivity contribution in [1.82, 2.24) is 31.2 Å². The van der Waals surface area contributed by atoms with Crippen molar-refractivity contribution in [2.24, 2.45) is 0 Å². The Balaban J connectivity index is 2.08. The van der Waals surface area contributed by atoms with Gasteiger partial charge in [0.05, 0.1) is 24.2 Å². The van der Waals surface area contributed by atoms with E-state index >= 15 is 0 Å². The lowest BCUT2D eigenvalue weighted by molar-refractivity contribution is 0.0452. The van der Waals surface area contributed by atoms with Crippen LogP contribution >= 0.6 is 0 Å². The van der Waals surface area contributed by atoms with Crippen molar-refractivity contribution in [2.75, 3.05) is 41.3 Å². The predicted molar refractivity (Wildman–Crippen MR) is 221 cm³/mol. The summed E-state index contributed by atoms with van der Waals surface area (Å²) in [5.41, 5.74) is -2.08. The fourth-order valence-electron chi connectivity index (χ4n) is 6.19. The van der Waals surface area contributed by atoms with Crippen LogP contribution in [0.3, 0.4) is 0 Å². The molecule has 0 bridgehead atoms. The van der Waals surface area contributed by atoms with Crippen molar-refractivity contribution >= 4 is 42.0 Å². The van der Waals surface area contributed by atoms with Crippen molar-refractivity contribution in [3.63, 3.8) is 0 Å². The standard InChI is InChI=1S/C40H67N9O8/c1-15-17-25(16-2)41-30-20-31(48-21-26(42-33(50)54-37(3,4)5)18-27(22-48)43-34(51)55-38(6,7)8)47-32(46-30)49-23-28(44-35(52)56-39(9,10)11)19-29(24-49)45-36(53)57-40(12,13)14/h15-17,20,26-29H,18-19,21-24H2,1-14H3,(H,42,50)(H,43,51)(H,44,52)(H,45,53)(H,41,46,47)/b17-15-,25-16+. The van der Waals surface area contributed by atoms with Crippen LogP contribution in [0.2, 0.25) is 0 Å². The van der Waals surface area contributed by atoms with Gasteiger partial charge in [0, 0.05) is 37.9 Å². The summed E-state index contributed by atoms with van der Waals surface area (Å²) < 4.78 is 22.3. The highest BCUT2D eigenvalue weighted by atomic mass is 16.6. The Hall–Kier alpha value is -4.96. The Kier molecular flexibility index (Phi) is 15.5. The maximum atomic E-state index is 13.0. The van der Waals surface area contributed by atoms with Gasteiger partial charge in [-0.3, -0.25) is 0 Å². The number of anilines is 3. The van der Waals surface area contributed by atoms with Gasteiger partial charge in [0.25, 0.3) is 0 Å². The van der Waals surface area contributed by atoms with Crippen molar-refractivity contribution in [2.45, 2.75) is 156 Å². The molecule has 0 saturated carbocycles. The number of allylic oxidation sites excluding steroid dienone is 3. The third-order valence-corrected chi connectivity index (χ3v) is 8.02. The number of aromatic nitrogens is 2. The van der Waals surface area contributed by atoms with Crippen LogP contribution in [-0.2, 0) is 18.9 Å². The topological polar surface area (TPSA) is 198 Å². The first-order valence-electron chi connectivity index (χ1n) is 19.6. The summed E-state index contributed by atoms with van der Waals surface area (Å²) in [5, 5.41) is 15.2. The number of hydrogen-bond donors (Lipinski definition) is 5. The lowest BCUT2D eigenvalue weighted by Gasteiger charge is -2.40. The van der Waals surface area contributed by atoms with Gasteiger partial charge in [0.15, 0.2) is 0 Å². The molecule has 2 aliphatic rings. The first-order chi connectivity index (χ1) is 26.2. The molecule has 3 rings (SSSR count). The number of piperidine rings is 2. The predicted octanol–water partition coefficient (Wildman–Crippen LogP) is 6.36. The molecule has 0 aliphatic carbocycles. The molecule has 17 heteroatoms. The number of carbonyl (C=O) groups is 4. The van der Waals surface area contributed by atoms with Crippen LogP contribution < -0.4 is 36.4 Å². The Morgan fingerprint density at radius 3 is 1.26 bits per heavy atom. The van der Waals surface area contributed by atoms with Gasteiger partial charge >= 0.3 is 24.4 Å². The van der Waals surface area contributed by atoms with Gasteiger partial charge < -0.3 is 55.3 Å². The number of amides is 4. The molecule has 3 heterocycles. The van der Waals surface area contributed by atoms with Crippen LogP contribution in [0, 0.1) is 0 Å². The van der Waals surface area contributed by atoms with Crippen molar-refractivity contribution in [1.29, 1.82) is 0 Å². The molecule has 5 N–H and O–H groups in total. The molecule has 2 saturated heterocycles. The van der Waals surface area contributed by atoms with Crippen LogP contribution in [0.25, 0.3) is 0 Å². The smallest absolute Gasteiger partial charge is 0.407 e. The van der Waals surface area contributed by atoms with Gasteiger partial charge in [-0.2, -0.15) is 9.97 Å². The Morgan fingerprint density at radius 2 is 0.947 bits per heavy atom. The zero-order valence-electron chi connectivity index (χ0n) is 36.4. The number of carbonyl (C=O) groups excluding carboxylic acids is 4. The van der Waals surface area contributed by atoms with Gasteiger partial charge in [-0.1, -0.05) is 12.2 Å². The molecule has 4 atom stereocenters. The van der Waals surface area contributed by atoms with Crippen molar-refractivity contribution in [3.05, 3.63) is 30.0 Å². The van der Waals surface area contributed by atoms with E-state index in [2.05, 4.69) is 26.6 Å². The van der Waals surface area contributed by atoms with Crippen LogP contribution in [0.5, 0.6) is 0 Å². The van der Waals surface area contributed by atoms with Crippen molar-refractivity contribution < 1.29 is 38.1 Å². The van der Waals surface area contributed by atoms with Gasteiger partial charge in [-0.15, -0.1) is 0 Å². The number of nitrogens with one attached hydrogen (secondary N) is 5. The third-order valence-electron chi connectivity index (χ3n) is 8.02. The minimum Gasteiger partial charge on any atom is -0.444 e. The molecule has 0 radical (unpaired) electrons. The second-order valence-electron chi connectivity index (χ2n) is 18.4. The summed E-state index contributed by atoms with van der Waals surface area (Å²) in [5.74, 6) is 1.29. The van der Waals surface area contributed by atoms with Crippen LogP contribution in [0.15, 0.2) is 30.0 Å². The third kappa shape index (κ3) is 17.4. The number of nitrogens with zero attached hydrogens (tertiary/aromatic N) is 4. The molecule has 0 spiro atoms. The molecule has 1 aromatic rings. The van der Waals surface area contributed by atoms with E-state index < -0.39 is 70.9 Å². The summed E-state index contributed by atoms with van der Waals surface area (Å²) in [6, 6.07) is -0.0277.